The Morgan fingerprint density at radius 1 is 1.41 bits per heavy atom. The molecular formula is C10H8ClF3O3. The van der Waals surface area contributed by atoms with E-state index in [2.05, 4.69) is 4.74 Å². The maximum Gasteiger partial charge on any atom is 0.573 e. The minimum absolute atomic E-state index is 0.115. The molecule has 0 radical (unpaired) electrons. The number of carbonyl (C=O) groups is 1. The van der Waals surface area contributed by atoms with Crippen LogP contribution < -0.4 is 4.74 Å². The lowest BCUT2D eigenvalue weighted by Gasteiger charge is -2.11. The number of ether oxygens (including phenoxy) is 1. The smallest absolute Gasteiger partial charge is 0.481 e. The van der Waals surface area contributed by atoms with Gasteiger partial charge in [-0.3, -0.25) is 4.79 Å². The summed E-state index contributed by atoms with van der Waals surface area (Å²) in [6.45, 7) is 0. The Labute approximate surface area is 99.8 Å². The van der Waals surface area contributed by atoms with Crippen molar-refractivity contribution in [3.05, 3.63) is 28.8 Å². The molecule has 1 aromatic rings. The lowest BCUT2D eigenvalue weighted by atomic mass is 10.1. The van der Waals surface area contributed by atoms with Crippen LogP contribution in [-0.2, 0) is 11.2 Å². The molecule has 0 bridgehead atoms. The molecule has 0 heterocycles. The molecule has 94 valence electrons. The van der Waals surface area contributed by atoms with E-state index in [0.29, 0.717) is 5.56 Å². The fourth-order valence-corrected chi connectivity index (χ4v) is 1.40. The fourth-order valence-electron chi connectivity index (χ4n) is 1.16. The largest absolute Gasteiger partial charge is 0.573 e. The summed E-state index contributed by atoms with van der Waals surface area (Å²) in [5.74, 6) is -1.49. The van der Waals surface area contributed by atoms with Gasteiger partial charge < -0.3 is 9.84 Å². The van der Waals surface area contributed by atoms with Gasteiger partial charge in [0.05, 0.1) is 5.02 Å². The normalized spacial score (nSPS) is 11.3. The topological polar surface area (TPSA) is 46.5 Å². The number of hydrogen-bond acceptors (Lipinski definition) is 2. The zero-order valence-corrected chi connectivity index (χ0v) is 9.18. The van der Waals surface area contributed by atoms with Crippen LogP contribution in [0.25, 0.3) is 0 Å². The van der Waals surface area contributed by atoms with Gasteiger partial charge in [0.1, 0.15) is 5.75 Å². The van der Waals surface area contributed by atoms with Crippen LogP contribution in [0.5, 0.6) is 5.75 Å². The molecule has 0 aliphatic rings. The first-order valence-electron chi connectivity index (χ1n) is 4.54. The number of rotatable bonds is 4. The van der Waals surface area contributed by atoms with Crippen molar-refractivity contribution in [1.82, 2.24) is 0 Å². The van der Waals surface area contributed by atoms with Crippen LogP contribution in [0, 0.1) is 0 Å². The Morgan fingerprint density at radius 2 is 2.06 bits per heavy atom. The maximum absolute atomic E-state index is 11.9. The number of carboxylic acid groups (broad SMARTS) is 1. The molecule has 0 fully saturated rings. The predicted octanol–water partition coefficient (Wildman–Crippen LogP) is 3.26. The molecule has 0 atom stereocenters. The van der Waals surface area contributed by atoms with Gasteiger partial charge in [0.15, 0.2) is 0 Å². The molecule has 1 rings (SSSR count). The van der Waals surface area contributed by atoms with Crippen molar-refractivity contribution in [2.24, 2.45) is 0 Å². The highest BCUT2D eigenvalue weighted by molar-refractivity contribution is 6.32. The molecule has 0 aliphatic heterocycles. The van der Waals surface area contributed by atoms with E-state index in [4.69, 9.17) is 16.7 Å². The van der Waals surface area contributed by atoms with E-state index in [1.54, 1.807) is 0 Å². The van der Waals surface area contributed by atoms with Crippen molar-refractivity contribution in [2.45, 2.75) is 19.2 Å². The lowest BCUT2D eigenvalue weighted by molar-refractivity contribution is -0.274. The van der Waals surface area contributed by atoms with Gasteiger partial charge >= 0.3 is 12.3 Å². The highest BCUT2D eigenvalue weighted by atomic mass is 35.5. The van der Waals surface area contributed by atoms with Gasteiger partial charge in [0.25, 0.3) is 0 Å². The van der Waals surface area contributed by atoms with Gasteiger partial charge in [-0.1, -0.05) is 17.7 Å². The first kappa shape index (κ1) is 13.6. The Balaban J connectivity index is 2.76. The van der Waals surface area contributed by atoms with E-state index in [0.717, 1.165) is 6.07 Å². The molecule has 17 heavy (non-hydrogen) atoms. The minimum Gasteiger partial charge on any atom is -0.481 e. The number of aryl methyl sites for hydroxylation is 1. The summed E-state index contributed by atoms with van der Waals surface area (Å²) in [4.78, 5) is 10.3. The van der Waals surface area contributed by atoms with Crippen LogP contribution >= 0.6 is 11.6 Å². The van der Waals surface area contributed by atoms with Crippen molar-refractivity contribution < 1.29 is 27.8 Å². The van der Waals surface area contributed by atoms with Crippen molar-refractivity contribution in [2.75, 3.05) is 0 Å². The minimum atomic E-state index is -4.80. The molecular weight excluding hydrogens is 261 g/mol. The molecule has 1 aromatic carbocycles. The second kappa shape index (κ2) is 5.27. The summed E-state index contributed by atoms with van der Waals surface area (Å²) >= 11 is 5.58. The van der Waals surface area contributed by atoms with Crippen LogP contribution in [0.3, 0.4) is 0 Å². The van der Waals surface area contributed by atoms with Crippen LogP contribution in [0.4, 0.5) is 13.2 Å². The summed E-state index contributed by atoms with van der Waals surface area (Å²) in [7, 11) is 0. The summed E-state index contributed by atoms with van der Waals surface area (Å²) < 4.78 is 39.4. The number of alkyl halides is 3. The van der Waals surface area contributed by atoms with Gasteiger partial charge in [-0.25, -0.2) is 0 Å². The molecule has 0 saturated heterocycles. The van der Waals surface area contributed by atoms with Gasteiger partial charge in [0, 0.05) is 6.42 Å². The predicted molar refractivity (Wildman–Crippen MR) is 54.1 cm³/mol. The van der Waals surface area contributed by atoms with E-state index < -0.39 is 18.1 Å². The third-order valence-corrected chi connectivity index (χ3v) is 2.14. The number of carboxylic acids is 1. The van der Waals surface area contributed by atoms with Gasteiger partial charge in [-0.2, -0.15) is 0 Å². The average Bonchev–Trinajstić information content (AvgIpc) is 2.17. The first-order valence-corrected chi connectivity index (χ1v) is 4.92. The van der Waals surface area contributed by atoms with Crippen molar-refractivity contribution in [1.29, 1.82) is 0 Å². The van der Waals surface area contributed by atoms with E-state index in [-0.39, 0.29) is 17.9 Å². The fraction of sp³-hybridized carbons (Fsp3) is 0.300. The van der Waals surface area contributed by atoms with Gasteiger partial charge in [0.2, 0.25) is 0 Å². The number of aliphatic carboxylic acids is 1. The maximum atomic E-state index is 11.9. The SMILES string of the molecule is O=C(O)CCc1ccc(OC(F)(F)F)c(Cl)c1. The van der Waals surface area contributed by atoms with Crippen LogP contribution in [0.2, 0.25) is 5.02 Å². The molecule has 0 amide bonds. The van der Waals surface area contributed by atoms with E-state index >= 15 is 0 Å². The van der Waals surface area contributed by atoms with E-state index in [9.17, 15) is 18.0 Å². The quantitative estimate of drug-likeness (QED) is 0.912. The lowest BCUT2D eigenvalue weighted by Crippen LogP contribution is -2.17. The molecule has 0 aliphatic carbocycles. The van der Waals surface area contributed by atoms with Crippen LogP contribution in [-0.4, -0.2) is 17.4 Å². The van der Waals surface area contributed by atoms with Crippen molar-refractivity contribution in [3.8, 4) is 5.75 Å². The molecule has 3 nitrogen and oxygen atoms in total. The van der Waals surface area contributed by atoms with E-state index in [1.165, 1.54) is 12.1 Å². The summed E-state index contributed by atoms with van der Waals surface area (Å²) in [6.07, 6.45) is -4.72. The Hall–Kier alpha value is -1.43. The number of hydrogen-bond donors (Lipinski definition) is 1. The Morgan fingerprint density at radius 3 is 2.53 bits per heavy atom. The summed E-state index contributed by atoms with van der Waals surface area (Å²) in [5, 5.41) is 8.24. The Kier molecular flexibility index (Phi) is 4.22. The van der Waals surface area contributed by atoms with Crippen LogP contribution in [0.1, 0.15) is 12.0 Å². The highest BCUT2D eigenvalue weighted by Gasteiger charge is 2.31. The molecule has 0 unspecified atom stereocenters. The zero-order chi connectivity index (χ0) is 13.1. The van der Waals surface area contributed by atoms with Gasteiger partial charge in [-0.05, 0) is 24.1 Å². The van der Waals surface area contributed by atoms with Crippen molar-refractivity contribution >= 4 is 17.6 Å². The zero-order valence-electron chi connectivity index (χ0n) is 8.42. The second-order valence-corrected chi connectivity index (χ2v) is 3.61. The second-order valence-electron chi connectivity index (χ2n) is 3.21. The monoisotopic (exact) mass is 268 g/mol. The third kappa shape index (κ3) is 4.95. The molecule has 0 saturated carbocycles. The van der Waals surface area contributed by atoms with E-state index in [1.807, 2.05) is 0 Å². The first-order chi connectivity index (χ1) is 7.78. The van der Waals surface area contributed by atoms with Gasteiger partial charge in [-0.15, -0.1) is 13.2 Å². The molecule has 7 heteroatoms. The molecule has 0 aromatic heterocycles. The number of benzene rings is 1. The van der Waals surface area contributed by atoms with Crippen molar-refractivity contribution in [3.63, 3.8) is 0 Å². The number of halogens is 4. The molecule has 0 spiro atoms. The van der Waals surface area contributed by atoms with Crippen LogP contribution in [0.15, 0.2) is 18.2 Å². The summed E-state index contributed by atoms with van der Waals surface area (Å²) in [5.41, 5.74) is 0.534. The standard InChI is InChI=1S/C10H8ClF3O3/c11-7-5-6(2-4-9(15)16)1-3-8(7)17-10(12,13)14/h1,3,5H,2,4H2,(H,15,16). The Bertz CT molecular complexity index is 418. The molecule has 1 N–H and O–H groups in total. The third-order valence-electron chi connectivity index (χ3n) is 1.85. The highest BCUT2D eigenvalue weighted by Crippen LogP contribution is 2.30. The summed E-state index contributed by atoms with van der Waals surface area (Å²) in [6, 6.07) is 3.66. The average molecular weight is 269 g/mol.